The van der Waals surface area contributed by atoms with Crippen molar-refractivity contribution in [1.82, 2.24) is 9.88 Å². The number of aryl methyl sites for hydroxylation is 1. The van der Waals surface area contributed by atoms with E-state index in [4.69, 9.17) is 0 Å². The van der Waals surface area contributed by atoms with Gasteiger partial charge in [-0.1, -0.05) is 30.3 Å². The highest BCUT2D eigenvalue weighted by Gasteiger charge is 2.28. The van der Waals surface area contributed by atoms with Crippen LogP contribution < -0.4 is 5.32 Å². The number of benzene rings is 1. The van der Waals surface area contributed by atoms with E-state index in [0.717, 1.165) is 6.54 Å². The third-order valence-corrected chi connectivity index (χ3v) is 6.25. The van der Waals surface area contributed by atoms with Gasteiger partial charge in [-0.15, -0.1) is 11.3 Å². The number of rotatable bonds is 1. The molecule has 2 aromatic heterocycles. The molecule has 0 saturated carbocycles. The third-order valence-electron chi connectivity index (χ3n) is 4.92. The minimum absolute atomic E-state index is 0.271. The minimum Gasteiger partial charge on any atom is -0.310 e. The zero-order valence-corrected chi connectivity index (χ0v) is 13.2. The first kappa shape index (κ1) is 12.7. The van der Waals surface area contributed by atoms with Crippen LogP contribution in [0.15, 0.2) is 48.7 Å². The first-order valence-electron chi connectivity index (χ1n) is 8.01. The van der Waals surface area contributed by atoms with Crippen molar-refractivity contribution < 1.29 is 0 Å². The number of fused-ring (bicyclic) bond motifs is 5. The van der Waals surface area contributed by atoms with E-state index in [-0.39, 0.29) is 6.04 Å². The lowest BCUT2D eigenvalue weighted by atomic mass is 10.0. The van der Waals surface area contributed by atoms with Crippen LogP contribution in [0.25, 0.3) is 5.00 Å². The van der Waals surface area contributed by atoms with Gasteiger partial charge in [-0.05, 0) is 42.5 Å². The van der Waals surface area contributed by atoms with E-state index in [0.29, 0.717) is 0 Å². The van der Waals surface area contributed by atoms with Gasteiger partial charge < -0.3 is 9.88 Å². The molecule has 3 aromatic rings. The van der Waals surface area contributed by atoms with Gasteiger partial charge in [-0.3, -0.25) is 0 Å². The number of aromatic nitrogens is 1. The molecule has 2 nitrogen and oxygen atoms in total. The molecule has 3 heterocycles. The fraction of sp³-hybridized carbons (Fsp3) is 0.263. The van der Waals surface area contributed by atoms with Crippen molar-refractivity contribution in [2.24, 2.45) is 0 Å². The lowest BCUT2D eigenvalue weighted by Crippen LogP contribution is -2.21. The molecule has 1 atom stereocenters. The molecule has 1 aromatic carbocycles. The van der Waals surface area contributed by atoms with Gasteiger partial charge in [0.05, 0.1) is 6.04 Å². The summed E-state index contributed by atoms with van der Waals surface area (Å²) in [6, 6.07) is 15.5. The molecule has 0 amide bonds. The summed E-state index contributed by atoms with van der Waals surface area (Å²) in [6.45, 7) is 0.975. The Bertz CT molecular complexity index is 828. The number of hydrogen-bond donors (Lipinski definition) is 1. The quantitative estimate of drug-likeness (QED) is 0.712. The summed E-state index contributed by atoms with van der Waals surface area (Å²) in [5, 5.41) is 5.24. The number of hydrogen-bond acceptors (Lipinski definition) is 2. The number of nitrogens with zero attached hydrogens (tertiary/aromatic N) is 1. The minimum atomic E-state index is 0.271. The first-order valence-corrected chi connectivity index (χ1v) is 8.83. The predicted molar refractivity (Wildman–Crippen MR) is 90.8 cm³/mol. The molecule has 5 rings (SSSR count). The van der Waals surface area contributed by atoms with E-state index in [1.807, 2.05) is 11.3 Å². The van der Waals surface area contributed by atoms with Crippen LogP contribution in [0.1, 0.15) is 39.7 Å². The van der Waals surface area contributed by atoms with E-state index >= 15 is 0 Å². The molecule has 1 aliphatic heterocycles. The van der Waals surface area contributed by atoms with Crippen LogP contribution in [0.3, 0.4) is 0 Å². The van der Waals surface area contributed by atoms with E-state index < -0.39 is 0 Å². The van der Waals surface area contributed by atoms with Crippen LogP contribution in [0, 0.1) is 0 Å². The highest BCUT2D eigenvalue weighted by Crippen LogP contribution is 2.41. The maximum absolute atomic E-state index is 3.80. The van der Waals surface area contributed by atoms with Crippen molar-refractivity contribution in [3.05, 3.63) is 75.9 Å². The SMILES string of the molecule is c1ccc([C@H]2NCc3c(sc4c3CCC4)-n3cccc32)cc1. The predicted octanol–water partition coefficient (Wildman–Crippen LogP) is 4.22. The summed E-state index contributed by atoms with van der Waals surface area (Å²) >= 11 is 2.01. The van der Waals surface area contributed by atoms with Crippen molar-refractivity contribution >= 4 is 11.3 Å². The average Bonchev–Trinajstić information content (AvgIpc) is 3.23. The molecule has 0 saturated heterocycles. The van der Waals surface area contributed by atoms with Gasteiger partial charge in [0.2, 0.25) is 0 Å². The molecule has 0 spiro atoms. The van der Waals surface area contributed by atoms with Gasteiger partial charge in [0.15, 0.2) is 0 Å². The van der Waals surface area contributed by atoms with Gasteiger partial charge in [-0.2, -0.15) is 0 Å². The lowest BCUT2D eigenvalue weighted by Gasteiger charge is -2.18. The normalized spacial score (nSPS) is 19.4. The van der Waals surface area contributed by atoms with Gasteiger partial charge in [-0.25, -0.2) is 0 Å². The van der Waals surface area contributed by atoms with Crippen LogP contribution in [0.2, 0.25) is 0 Å². The van der Waals surface area contributed by atoms with Crippen molar-refractivity contribution in [2.75, 3.05) is 0 Å². The molecule has 110 valence electrons. The van der Waals surface area contributed by atoms with E-state index in [9.17, 15) is 0 Å². The van der Waals surface area contributed by atoms with Crippen molar-refractivity contribution in [3.8, 4) is 5.00 Å². The second-order valence-electron chi connectivity index (χ2n) is 6.17. The highest BCUT2D eigenvalue weighted by molar-refractivity contribution is 7.15. The molecule has 2 aliphatic rings. The van der Waals surface area contributed by atoms with Crippen molar-refractivity contribution in [2.45, 2.75) is 31.8 Å². The van der Waals surface area contributed by atoms with Crippen LogP contribution in [-0.2, 0) is 19.4 Å². The lowest BCUT2D eigenvalue weighted by molar-refractivity contribution is 0.599. The van der Waals surface area contributed by atoms with E-state index in [2.05, 4.69) is 58.5 Å². The van der Waals surface area contributed by atoms with Crippen LogP contribution in [0.4, 0.5) is 0 Å². The maximum Gasteiger partial charge on any atom is 0.104 e. The maximum atomic E-state index is 3.80. The molecule has 3 heteroatoms. The number of nitrogens with one attached hydrogen (secondary N) is 1. The van der Waals surface area contributed by atoms with Crippen LogP contribution >= 0.6 is 11.3 Å². The van der Waals surface area contributed by atoms with Crippen molar-refractivity contribution in [3.63, 3.8) is 0 Å². The fourth-order valence-electron chi connectivity index (χ4n) is 3.89. The Morgan fingerprint density at radius 3 is 2.82 bits per heavy atom. The Balaban J connectivity index is 1.68. The molecule has 0 bridgehead atoms. The molecule has 0 unspecified atom stereocenters. The second-order valence-corrected chi connectivity index (χ2v) is 7.25. The van der Waals surface area contributed by atoms with Crippen LogP contribution in [0.5, 0.6) is 0 Å². The largest absolute Gasteiger partial charge is 0.310 e. The molecule has 0 radical (unpaired) electrons. The van der Waals surface area contributed by atoms with Crippen molar-refractivity contribution in [1.29, 1.82) is 0 Å². The summed E-state index contributed by atoms with van der Waals surface area (Å²) in [4.78, 5) is 1.62. The summed E-state index contributed by atoms with van der Waals surface area (Å²) < 4.78 is 2.41. The fourth-order valence-corrected chi connectivity index (χ4v) is 5.30. The topological polar surface area (TPSA) is 17.0 Å². The van der Waals surface area contributed by atoms with Gasteiger partial charge in [0.1, 0.15) is 5.00 Å². The van der Waals surface area contributed by atoms with Gasteiger partial charge >= 0.3 is 0 Å². The van der Waals surface area contributed by atoms with E-state index in [1.165, 1.54) is 41.1 Å². The Kier molecular flexibility index (Phi) is 2.79. The Labute approximate surface area is 134 Å². The summed E-state index contributed by atoms with van der Waals surface area (Å²) in [5.41, 5.74) is 5.85. The van der Waals surface area contributed by atoms with Crippen LogP contribution in [-0.4, -0.2) is 4.57 Å². The monoisotopic (exact) mass is 306 g/mol. The molecule has 22 heavy (non-hydrogen) atoms. The summed E-state index contributed by atoms with van der Waals surface area (Å²) in [7, 11) is 0. The third kappa shape index (κ3) is 1.76. The van der Waals surface area contributed by atoms with E-state index in [1.54, 1.807) is 10.4 Å². The number of thiophene rings is 1. The Morgan fingerprint density at radius 2 is 1.91 bits per heavy atom. The molecular weight excluding hydrogens is 288 g/mol. The average molecular weight is 306 g/mol. The zero-order valence-electron chi connectivity index (χ0n) is 12.4. The Hall–Kier alpha value is -1.84. The summed E-state index contributed by atoms with van der Waals surface area (Å²) in [5.74, 6) is 0. The first-order chi connectivity index (χ1) is 10.9. The molecule has 1 aliphatic carbocycles. The molecular formula is C19H18N2S. The second kappa shape index (κ2) is 4.83. The smallest absolute Gasteiger partial charge is 0.104 e. The molecule has 0 fully saturated rings. The Morgan fingerprint density at radius 1 is 1.00 bits per heavy atom. The summed E-state index contributed by atoms with van der Waals surface area (Å²) in [6.07, 6.45) is 6.08. The molecule has 1 N–H and O–H groups in total. The highest BCUT2D eigenvalue weighted by atomic mass is 32.1. The zero-order chi connectivity index (χ0) is 14.5. The standard InChI is InChI=1S/C19H18N2S/c1-2-6-13(7-3-1)18-16-9-5-11-21(16)19-15(12-20-18)14-8-4-10-17(14)22-19/h1-3,5-7,9,11,18,20H,4,8,10,12H2/t18-/m1/s1. The van der Waals surface area contributed by atoms with Gasteiger partial charge in [0, 0.05) is 28.9 Å². The van der Waals surface area contributed by atoms with Gasteiger partial charge in [0.25, 0.3) is 0 Å².